The van der Waals surface area contributed by atoms with E-state index < -0.39 is 10.0 Å². The van der Waals surface area contributed by atoms with Crippen LogP contribution in [0.3, 0.4) is 0 Å². The summed E-state index contributed by atoms with van der Waals surface area (Å²) >= 11 is 1.35. The Labute approximate surface area is 144 Å². The first kappa shape index (κ1) is 16.7. The van der Waals surface area contributed by atoms with E-state index in [1.165, 1.54) is 23.5 Å². The van der Waals surface area contributed by atoms with Crippen molar-refractivity contribution in [2.75, 3.05) is 11.9 Å². The number of hydrogen-bond donors (Lipinski definition) is 2. The minimum absolute atomic E-state index is 0.0952. The van der Waals surface area contributed by atoms with Crippen LogP contribution >= 0.6 is 11.3 Å². The van der Waals surface area contributed by atoms with Crippen LogP contribution in [0.2, 0.25) is 0 Å². The third kappa shape index (κ3) is 3.65. The minimum atomic E-state index is -3.69. The van der Waals surface area contributed by atoms with Gasteiger partial charge in [0.2, 0.25) is 0 Å². The van der Waals surface area contributed by atoms with Crippen LogP contribution in [0.5, 0.6) is 0 Å². The van der Waals surface area contributed by atoms with Crippen molar-refractivity contribution in [1.29, 1.82) is 0 Å². The standard InChI is InChI=1S/C16H17N3O3S2/c1-11-7-9-23-15(11)16(20)18-12-4-2-5-13(10-12)24(21,22)19-14-6-3-8-17-14/h2,4-5,7,9-10H,3,6,8H2,1H3,(H,17,19)(H,18,20). The number of benzene rings is 1. The van der Waals surface area contributed by atoms with E-state index in [4.69, 9.17) is 0 Å². The average molecular weight is 363 g/mol. The van der Waals surface area contributed by atoms with Crippen LogP contribution < -0.4 is 10.0 Å². The van der Waals surface area contributed by atoms with Crippen LogP contribution in [0.15, 0.2) is 45.6 Å². The fourth-order valence-electron chi connectivity index (χ4n) is 2.37. The quantitative estimate of drug-likeness (QED) is 0.875. The number of carbonyl (C=O) groups excluding carboxylic acids is 1. The van der Waals surface area contributed by atoms with Gasteiger partial charge in [-0.1, -0.05) is 6.07 Å². The predicted molar refractivity (Wildman–Crippen MR) is 95.3 cm³/mol. The van der Waals surface area contributed by atoms with E-state index in [1.807, 2.05) is 18.4 Å². The van der Waals surface area contributed by atoms with Gasteiger partial charge in [-0.2, -0.15) is 0 Å². The summed E-state index contributed by atoms with van der Waals surface area (Å²) in [5, 5.41) is 4.58. The molecule has 24 heavy (non-hydrogen) atoms. The molecular formula is C16H17N3O3S2. The summed E-state index contributed by atoms with van der Waals surface area (Å²) in [5.74, 6) is 0.240. The number of aliphatic imine (C=N–C) groups is 1. The third-order valence-electron chi connectivity index (χ3n) is 3.60. The molecule has 2 N–H and O–H groups in total. The van der Waals surface area contributed by atoms with Crippen LogP contribution in [0, 0.1) is 6.92 Å². The molecule has 0 spiro atoms. The lowest BCUT2D eigenvalue weighted by Crippen LogP contribution is -2.29. The Morgan fingerprint density at radius 2 is 2.12 bits per heavy atom. The normalized spacial score (nSPS) is 14.3. The van der Waals surface area contributed by atoms with Crippen LogP contribution in [-0.4, -0.2) is 26.7 Å². The largest absolute Gasteiger partial charge is 0.321 e. The zero-order chi connectivity index (χ0) is 17.2. The topological polar surface area (TPSA) is 87.6 Å². The van der Waals surface area contributed by atoms with Crippen molar-refractivity contribution in [3.63, 3.8) is 0 Å². The van der Waals surface area contributed by atoms with Gasteiger partial charge in [-0.25, -0.2) is 8.42 Å². The zero-order valence-electron chi connectivity index (χ0n) is 13.1. The number of anilines is 1. The molecule has 0 fully saturated rings. The molecule has 1 aliphatic heterocycles. The van der Waals surface area contributed by atoms with Gasteiger partial charge in [0.25, 0.3) is 15.9 Å². The summed E-state index contributed by atoms with van der Waals surface area (Å²) in [4.78, 5) is 17.1. The number of amides is 1. The molecule has 0 saturated carbocycles. The van der Waals surface area contributed by atoms with Gasteiger partial charge in [0, 0.05) is 18.7 Å². The Hall–Kier alpha value is -2.19. The highest BCUT2D eigenvalue weighted by Crippen LogP contribution is 2.20. The maximum absolute atomic E-state index is 12.4. The summed E-state index contributed by atoms with van der Waals surface area (Å²) in [6.07, 6.45) is 1.49. The van der Waals surface area contributed by atoms with Crippen molar-refractivity contribution in [2.45, 2.75) is 24.7 Å². The molecule has 1 aliphatic rings. The zero-order valence-corrected chi connectivity index (χ0v) is 14.7. The number of nitrogens with zero attached hydrogens (tertiary/aromatic N) is 1. The van der Waals surface area contributed by atoms with E-state index in [9.17, 15) is 13.2 Å². The maximum atomic E-state index is 12.4. The highest BCUT2D eigenvalue weighted by molar-refractivity contribution is 7.90. The molecule has 0 atom stereocenters. The van der Waals surface area contributed by atoms with Crippen molar-refractivity contribution in [3.8, 4) is 0 Å². The molecule has 1 amide bonds. The van der Waals surface area contributed by atoms with Gasteiger partial charge in [0.15, 0.2) is 0 Å². The fraction of sp³-hybridized carbons (Fsp3) is 0.250. The molecule has 3 rings (SSSR count). The summed E-state index contributed by atoms with van der Waals surface area (Å²) in [7, 11) is -3.69. The molecule has 1 aromatic carbocycles. The third-order valence-corrected chi connectivity index (χ3v) is 5.99. The second kappa shape index (κ2) is 6.74. The van der Waals surface area contributed by atoms with Crippen molar-refractivity contribution < 1.29 is 13.2 Å². The molecule has 126 valence electrons. The summed E-state index contributed by atoms with van der Waals surface area (Å²) in [6.45, 7) is 2.51. The molecule has 0 aliphatic carbocycles. The molecule has 6 nitrogen and oxygen atoms in total. The number of carbonyl (C=O) groups is 1. The van der Waals surface area contributed by atoms with E-state index in [0.717, 1.165) is 12.0 Å². The Morgan fingerprint density at radius 1 is 1.29 bits per heavy atom. The Kier molecular flexibility index (Phi) is 4.68. The van der Waals surface area contributed by atoms with E-state index in [0.29, 0.717) is 29.4 Å². The number of aryl methyl sites for hydroxylation is 1. The minimum Gasteiger partial charge on any atom is -0.321 e. The molecule has 8 heteroatoms. The Bertz CT molecular complexity index is 901. The smallest absolute Gasteiger partial charge is 0.265 e. The van der Waals surface area contributed by atoms with Gasteiger partial charge >= 0.3 is 0 Å². The fourth-order valence-corrected chi connectivity index (χ4v) is 4.33. The first-order valence-corrected chi connectivity index (χ1v) is 9.84. The van der Waals surface area contributed by atoms with Gasteiger partial charge < -0.3 is 5.32 Å². The molecule has 0 radical (unpaired) electrons. The van der Waals surface area contributed by atoms with Crippen molar-refractivity contribution in [2.24, 2.45) is 4.99 Å². The average Bonchev–Trinajstić information content (AvgIpc) is 3.18. The Balaban J connectivity index is 1.79. The number of sulfonamides is 1. The molecule has 2 aromatic rings. The lowest BCUT2D eigenvalue weighted by Gasteiger charge is -2.10. The molecule has 0 bridgehead atoms. The summed E-state index contributed by atoms with van der Waals surface area (Å²) in [5.41, 5.74) is 1.33. The van der Waals surface area contributed by atoms with E-state index in [-0.39, 0.29) is 10.8 Å². The first-order chi connectivity index (χ1) is 11.5. The highest BCUT2D eigenvalue weighted by atomic mass is 32.2. The van der Waals surface area contributed by atoms with Gasteiger partial charge in [0.05, 0.1) is 9.77 Å². The van der Waals surface area contributed by atoms with Crippen molar-refractivity contribution in [1.82, 2.24) is 4.72 Å². The van der Waals surface area contributed by atoms with Crippen LogP contribution in [-0.2, 0) is 10.0 Å². The lowest BCUT2D eigenvalue weighted by molar-refractivity contribution is 0.103. The number of thiophene rings is 1. The van der Waals surface area contributed by atoms with E-state index in [2.05, 4.69) is 15.0 Å². The number of rotatable bonds is 4. The molecule has 2 heterocycles. The monoisotopic (exact) mass is 363 g/mol. The van der Waals surface area contributed by atoms with Gasteiger partial charge in [-0.3, -0.25) is 14.5 Å². The second-order valence-electron chi connectivity index (χ2n) is 5.45. The maximum Gasteiger partial charge on any atom is 0.265 e. The van der Waals surface area contributed by atoms with Crippen LogP contribution in [0.1, 0.15) is 28.1 Å². The van der Waals surface area contributed by atoms with Gasteiger partial charge in [-0.05, 0) is 48.6 Å². The Morgan fingerprint density at radius 3 is 2.79 bits per heavy atom. The number of hydrogen-bond acceptors (Lipinski definition) is 5. The van der Waals surface area contributed by atoms with Crippen molar-refractivity contribution >= 4 is 38.8 Å². The lowest BCUT2D eigenvalue weighted by atomic mass is 10.2. The summed E-state index contributed by atoms with van der Waals surface area (Å²) in [6, 6.07) is 8.06. The predicted octanol–water partition coefficient (Wildman–Crippen LogP) is 2.78. The molecule has 1 aromatic heterocycles. The van der Waals surface area contributed by atoms with E-state index >= 15 is 0 Å². The van der Waals surface area contributed by atoms with Crippen LogP contribution in [0.4, 0.5) is 5.69 Å². The van der Waals surface area contributed by atoms with Gasteiger partial charge in [-0.15, -0.1) is 11.3 Å². The molecule has 0 unspecified atom stereocenters. The highest BCUT2D eigenvalue weighted by Gasteiger charge is 2.19. The summed E-state index contributed by atoms with van der Waals surface area (Å²) < 4.78 is 27.3. The SMILES string of the molecule is Cc1ccsc1C(=O)Nc1cccc(S(=O)(=O)NC2=NCCC2)c1. The van der Waals surface area contributed by atoms with Gasteiger partial charge in [0.1, 0.15) is 5.84 Å². The number of nitrogens with one attached hydrogen (secondary N) is 2. The van der Waals surface area contributed by atoms with Crippen LogP contribution in [0.25, 0.3) is 0 Å². The van der Waals surface area contributed by atoms with E-state index in [1.54, 1.807) is 12.1 Å². The molecular weight excluding hydrogens is 346 g/mol. The first-order valence-electron chi connectivity index (χ1n) is 7.47. The molecule has 0 saturated heterocycles. The van der Waals surface area contributed by atoms with Crippen molar-refractivity contribution in [3.05, 3.63) is 46.2 Å². The second-order valence-corrected chi connectivity index (χ2v) is 8.05. The number of amidine groups is 1.